The molecule has 168 valence electrons. The van der Waals surface area contributed by atoms with E-state index >= 15 is 0 Å². The monoisotopic (exact) mass is 429 g/mol. The van der Waals surface area contributed by atoms with Crippen LogP contribution in [0.25, 0.3) is 0 Å². The fraction of sp³-hybridized carbons (Fsp3) is 0.636. The molecule has 2 aliphatic heterocycles. The first-order chi connectivity index (χ1) is 14.9. The Hall–Kier alpha value is -2.68. The maximum atomic E-state index is 12.6. The predicted octanol–water partition coefficient (Wildman–Crippen LogP) is 1.87. The summed E-state index contributed by atoms with van der Waals surface area (Å²) in [6, 6.07) is 2.14. The third-order valence-electron chi connectivity index (χ3n) is 6.42. The first-order valence-corrected chi connectivity index (χ1v) is 11.1. The number of nitrogens with zero attached hydrogens (tertiary/aromatic N) is 4. The number of aryl methyl sites for hydroxylation is 1. The highest BCUT2D eigenvalue weighted by molar-refractivity contribution is 5.76. The van der Waals surface area contributed by atoms with Crippen molar-refractivity contribution in [2.75, 3.05) is 26.7 Å². The van der Waals surface area contributed by atoms with Gasteiger partial charge < -0.3 is 19.1 Å². The summed E-state index contributed by atoms with van der Waals surface area (Å²) < 4.78 is 10.2. The number of aromatic amines is 1. The number of rotatable bonds is 6. The van der Waals surface area contributed by atoms with Crippen LogP contribution in [-0.4, -0.2) is 63.6 Å². The number of ether oxygens (including phenoxy) is 1. The number of amides is 1. The van der Waals surface area contributed by atoms with Crippen molar-refractivity contribution in [1.82, 2.24) is 24.9 Å². The van der Waals surface area contributed by atoms with E-state index in [-0.39, 0.29) is 17.4 Å². The molecule has 0 saturated carbocycles. The molecule has 9 heteroatoms. The van der Waals surface area contributed by atoms with Gasteiger partial charge >= 0.3 is 0 Å². The maximum absolute atomic E-state index is 12.6. The zero-order valence-electron chi connectivity index (χ0n) is 18.5. The molecule has 1 saturated heterocycles. The molecule has 2 aliphatic rings. The van der Waals surface area contributed by atoms with E-state index in [1.165, 1.54) is 7.11 Å². The Kier molecular flexibility index (Phi) is 6.41. The molecule has 0 atom stereocenters. The van der Waals surface area contributed by atoms with Crippen LogP contribution in [0.15, 0.2) is 15.4 Å². The number of aromatic nitrogens is 3. The molecule has 0 spiro atoms. The number of hydrogen-bond donors (Lipinski definition) is 1. The normalized spacial score (nSPS) is 17.7. The van der Waals surface area contributed by atoms with E-state index in [0.717, 1.165) is 49.4 Å². The van der Waals surface area contributed by atoms with Crippen LogP contribution in [0.2, 0.25) is 0 Å². The van der Waals surface area contributed by atoms with Crippen LogP contribution in [0.4, 0.5) is 0 Å². The number of carbonyl (C=O) groups is 1. The van der Waals surface area contributed by atoms with Gasteiger partial charge in [0.2, 0.25) is 5.91 Å². The first-order valence-electron chi connectivity index (χ1n) is 11.1. The molecular weight excluding hydrogens is 398 g/mol. The third kappa shape index (κ3) is 4.81. The van der Waals surface area contributed by atoms with Crippen molar-refractivity contribution in [3.63, 3.8) is 0 Å². The smallest absolute Gasteiger partial charge is 0.254 e. The van der Waals surface area contributed by atoms with E-state index in [0.29, 0.717) is 43.6 Å². The van der Waals surface area contributed by atoms with Gasteiger partial charge in [-0.2, -0.15) is 0 Å². The van der Waals surface area contributed by atoms with E-state index < -0.39 is 0 Å². The maximum Gasteiger partial charge on any atom is 0.254 e. The average Bonchev–Trinajstić information content (AvgIpc) is 3.25. The second kappa shape index (κ2) is 9.21. The van der Waals surface area contributed by atoms with Gasteiger partial charge in [-0.05, 0) is 38.3 Å². The Labute approximate surface area is 181 Å². The van der Waals surface area contributed by atoms with E-state index in [1.807, 2.05) is 4.90 Å². The van der Waals surface area contributed by atoms with Crippen molar-refractivity contribution in [3.05, 3.63) is 39.3 Å². The molecule has 1 N–H and O–H groups in total. The van der Waals surface area contributed by atoms with Crippen molar-refractivity contribution < 1.29 is 14.1 Å². The molecule has 4 rings (SSSR count). The topological polar surface area (TPSA) is 105 Å². The van der Waals surface area contributed by atoms with Gasteiger partial charge in [-0.1, -0.05) is 0 Å². The Bertz CT molecular complexity index is 975. The summed E-state index contributed by atoms with van der Waals surface area (Å²) in [5, 5.41) is 3.76. The van der Waals surface area contributed by atoms with Gasteiger partial charge in [0.25, 0.3) is 11.4 Å². The molecule has 2 aromatic heterocycles. The lowest BCUT2D eigenvalue weighted by Gasteiger charge is -2.33. The zero-order chi connectivity index (χ0) is 22.0. The molecule has 0 radical (unpaired) electrons. The van der Waals surface area contributed by atoms with E-state index in [9.17, 15) is 9.59 Å². The Morgan fingerprint density at radius 3 is 2.77 bits per heavy atom. The third-order valence-corrected chi connectivity index (χ3v) is 6.42. The lowest BCUT2D eigenvalue weighted by atomic mass is 9.95. The molecule has 1 fully saturated rings. The highest BCUT2D eigenvalue weighted by atomic mass is 16.5. The minimum Gasteiger partial charge on any atom is -0.479 e. The largest absolute Gasteiger partial charge is 0.479 e. The van der Waals surface area contributed by atoms with Crippen LogP contribution in [0.3, 0.4) is 0 Å². The molecule has 0 unspecified atom stereocenters. The fourth-order valence-electron chi connectivity index (χ4n) is 4.41. The van der Waals surface area contributed by atoms with Crippen molar-refractivity contribution in [1.29, 1.82) is 0 Å². The number of hydrogen-bond acceptors (Lipinski definition) is 7. The van der Waals surface area contributed by atoms with Crippen LogP contribution in [0, 0.1) is 0 Å². The van der Waals surface area contributed by atoms with Gasteiger partial charge in [0.05, 0.1) is 12.8 Å². The standard InChI is InChI=1S/C22H31N5O4/c1-14(2)27-11-8-17-18(13-27)23-21(24-22(17)29)15-6-9-26(10-7-15)20(28)5-4-16-12-19(30-3)25-31-16/h12,14-15H,4-11,13H2,1-3H3,(H,23,24,29). The minimum atomic E-state index is 0.00407. The van der Waals surface area contributed by atoms with Crippen molar-refractivity contribution >= 4 is 5.91 Å². The molecule has 1 amide bonds. The molecule has 31 heavy (non-hydrogen) atoms. The van der Waals surface area contributed by atoms with Crippen LogP contribution < -0.4 is 10.3 Å². The second-order valence-corrected chi connectivity index (χ2v) is 8.68. The number of H-pyrrole nitrogens is 1. The quantitative estimate of drug-likeness (QED) is 0.747. The molecular formula is C22H31N5O4. The summed E-state index contributed by atoms with van der Waals surface area (Å²) in [4.78, 5) is 37.3. The van der Waals surface area contributed by atoms with E-state index in [4.69, 9.17) is 14.2 Å². The Balaban J connectivity index is 1.34. The number of carbonyl (C=O) groups excluding carboxylic acids is 1. The molecule has 0 aromatic carbocycles. The SMILES string of the molecule is COc1cc(CCC(=O)N2CCC(c3nc4c(c(=O)[nH]3)CCN(C(C)C)C4)CC2)on1. The molecule has 0 aliphatic carbocycles. The Morgan fingerprint density at radius 2 is 2.10 bits per heavy atom. The van der Waals surface area contributed by atoms with Crippen molar-refractivity contribution in [2.45, 2.75) is 64.5 Å². The summed E-state index contributed by atoms with van der Waals surface area (Å²) in [5.41, 5.74) is 1.75. The van der Waals surface area contributed by atoms with Crippen molar-refractivity contribution in [2.24, 2.45) is 0 Å². The molecule has 0 bridgehead atoms. The first kappa shape index (κ1) is 21.5. The summed E-state index contributed by atoms with van der Waals surface area (Å²) in [6.07, 6.45) is 3.23. The van der Waals surface area contributed by atoms with Gasteiger partial charge in [-0.25, -0.2) is 4.98 Å². The summed E-state index contributed by atoms with van der Waals surface area (Å²) >= 11 is 0. The van der Waals surface area contributed by atoms with Crippen LogP contribution in [0.5, 0.6) is 5.88 Å². The summed E-state index contributed by atoms with van der Waals surface area (Å²) in [5.74, 6) is 2.12. The predicted molar refractivity (Wildman–Crippen MR) is 114 cm³/mol. The van der Waals surface area contributed by atoms with Gasteiger partial charge in [0.15, 0.2) is 0 Å². The molecule has 2 aromatic rings. The van der Waals surface area contributed by atoms with Gasteiger partial charge in [0.1, 0.15) is 11.6 Å². The van der Waals surface area contributed by atoms with Gasteiger partial charge in [0, 0.05) is 62.6 Å². The van der Waals surface area contributed by atoms with Crippen LogP contribution in [0.1, 0.15) is 61.9 Å². The molecule has 4 heterocycles. The number of likely N-dealkylation sites (tertiary alicyclic amines) is 1. The van der Waals surface area contributed by atoms with E-state index in [1.54, 1.807) is 6.07 Å². The van der Waals surface area contributed by atoms with Crippen LogP contribution >= 0.6 is 0 Å². The summed E-state index contributed by atoms with van der Waals surface area (Å²) in [7, 11) is 1.53. The zero-order valence-corrected chi connectivity index (χ0v) is 18.5. The lowest BCUT2D eigenvalue weighted by molar-refractivity contribution is -0.132. The van der Waals surface area contributed by atoms with Crippen molar-refractivity contribution in [3.8, 4) is 5.88 Å². The highest BCUT2D eigenvalue weighted by Gasteiger charge is 2.28. The molecule has 9 nitrogen and oxygen atoms in total. The van der Waals surface area contributed by atoms with E-state index in [2.05, 4.69) is 28.9 Å². The summed E-state index contributed by atoms with van der Waals surface area (Å²) in [6.45, 7) is 7.31. The lowest BCUT2D eigenvalue weighted by Crippen LogP contribution is -2.41. The number of nitrogens with one attached hydrogen (secondary N) is 1. The van der Waals surface area contributed by atoms with Gasteiger partial charge in [-0.15, -0.1) is 0 Å². The minimum absolute atomic E-state index is 0.00407. The Morgan fingerprint density at radius 1 is 1.32 bits per heavy atom. The second-order valence-electron chi connectivity index (χ2n) is 8.68. The van der Waals surface area contributed by atoms with Crippen LogP contribution in [-0.2, 0) is 24.2 Å². The fourth-order valence-corrected chi connectivity index (χ4v) is 4.41. The highest BCUT2D eigenvalue weighted by Crippen LogP contribution is 2.27. The number of piperidine rings is 1. The number of fused-ring (bicyclic) bond motifs is 1. The average molecular weight is 430 g/mol. The number of methoxy groups -OCH3 is 1. The van der Waals surface area contributed by atoms with Gasteiger partial charge in [-0.3, -0.25) is 14.5 Å².